The average molecular weight is 250 g/mol. The number of aryl methyl sites for hydroxylation is 2. The van der Waals surface area contributed by atoms with Crippen molar-refractivity contribution in [2.75, 3.05) is 0 Å². The van der Waals surface area contributed by atoms with Crippen LogP contribution in [0.4, 0.5) is 0 Å². The van der Waals surface area contributed by atoms with Gasteiger partial charge in [0, 0.05) is 15.3 Å². The lowest BCUT2D eigenvalue weighted by atomic mass is 9.95. The first-order chi connectivity index (χ1) is 7.47. The molecule has 0 N–H and O–H groups in total. The molecule has 3 heteroatoms. The molecule has 0 atom stereocenters. The highest BCUT2D eigenvalue weighted by molar-refractivity contribution is 7.22. The van der Waals surface area contributed by atoms with Crippen LogP contribution in [0.1, 0.15) is 29.2 Å². The van der Waals surface area contributed by atoms with Crippen molar-refractivity contribution in [3.8, 4) is 15.5 Å². The fraction of sp³-hybridized carbons (Fsp3) is 0.385. The lowest BCUT2D eigenvalue weighted by Gasteiger charge is -2.31. The first-order valence-corrected chi connectivity index (χ1v) is 7.01. The lowest BCUT2D eigenvalue weighted by molar-refractivity contribution is 0.107. The first-order valence-electron chi connectivity index (χ1n) is 5.38. The van der Waals surface area contributed by atoms with Crippen LogP contribution >= 0.6 is 22.7 Å². The third kappa shape index (κ3) is 1.35. The summed E-state index contributed by atoms with van der Waals surface area (Å²) in [5, 5.41) is 0. The van der Waals surface area contributed by atoms with E-state index in [1.807, 2.05) is 22.7 Å². The molecule has 0 saturated heterocycles. The molecule has 0 bridgehead atoms. The topological polar surface area (TPSA) is 9.23 Å². The predicted molar refractivity (Wildman–Crippen MR) is 70.8 cm³/mol. The van der Waals surface area contributed by atoms with Gasteiger partial charge in [0.25, 0.3) is 0 Å². The van der Waals surface area contributed by atoms with Crippen LogP contribution in [-0.2, 0) is 5.60 Å². The fourth-order valence-corrected chi connectivity index (χ4v) is 4.43. The molecular weight excluding hydrogens is 236 g/mol. The van der Waals surface area contributed by atoms with Crippen molar-refractivity contribution in [2.45, 2.75) is 33.3 Å². The summed E-state index contributed by atoms with van der Waals surface area (Å²) in [5.41, 5.74) is 1.14. The van der Waals surface area contributed by atoms with E-state index < -0.39 is 0 Å². The van der Waals surface area contributed by atoms with Crippen LogP contribution in [0.3, 0.4) is 0 Å². The van der Waals surface area contributed by atoms with E-state index in [0.717, 1.165) is 5.75 Å². The summed E-state index contributed by atoms with van der Waals surface area (Å²) >= 11 is 3.71. The van der Waals surface area contributed by atoms with E-state index in [4.69, 9.17) is 4.74 Å². The molecule has 0 saturated carbocycles. The van der Waals surface area contributed by atoms with E-state index in [-0.39, 0.29) is 5.60 Å². The second kappa shape index (κ2) is 3.11. The zero-order chi connectivity index (χ0) is 11.5. The molecule has 16 heavy (non-hydrogen) atoms. The first kappa shape index (κ1) is 10.4. The van der Waals surface area contributed by atoms with E-state index >= 15 is 0 Å². The molecule has 0 aromatic carbocycles. The van der Waals surface area contributed by atoms with Gasteiger partial charge >= 0.3 is 0 Å². The van der Waals surface area contributed by atoms with Gasteiger partial charge in [0.15, 0.2) is 0 Å². The minimum Gasteiger partial charge on any atom is -0.482 e. The highest BCUT2D eigenvalue weighted by atomic mass is 32.1. The van der Waals surface area contributed by atoms with E-state index in [0.29, 0.717) is 0 Å². The number of hydrogen-bond acceptors (Lipinski definition) is 3. The summed E-state index contributed by atoms with van der Waals surface area (Å²) in [7, 11) is 0. The Balaban J connectivity index is 2.32. The SMILES string of the molecule is Cc1cc2c(s1)-c1sc(C)cc1C(C)(C)O2. The molecular formula is C13H14OS2. The Bertz CT molecular complexity index is 560. The third-order valence-electron chi connectivity index (χ3n) is 2.90. The lowest BCUT2D eigenvalue weighted by Crippen LogP contribution is -2.27. The van der Waals surface area contributed by atoms with Gasteiger partial charge in [-0.2, -0.15) is 0 Å². The molecule has 1 nitrogen and oxygen atoms in total. The van der Waals surface area contributed by atoms with Crippen LogP contribution in [0.15, 0.2) is 12.1 Å². The smallest absolute Gasteiger partial charge is 0.140 e. The zero-order valence-corrected chi connectivity index (χ0v) is 11.5. The summed E-state index contributed by atoms with van der Waals surface area (Å²) in [5.74, 6) is 1.06. The van der Waals surface area contributed by atoms with Crippen molar-refractivity contribution in [3.05, 3.63) is 27.5 Å². The number of rotatable bonds is 0. The maximum absolute atomic E-state index is 6.10. The monoisotopic (exact) mass is 250 g/mol. The maximum Gasteiger partial charge on any atom is 0.140 e. The summed E-state index contributed by atoms with van der Waals surface area (Å²) < 4.78 is 6.10. The Morgan fingerprint density at radius 2 is 1.62 bits per heavy atom. The molecule has 0 radical (unpaired) electrons. The highest BCUT2D eigenvalue weighted by Crippen LogP contribution is 2.52. The van der Waals surface area contributed by atoms with Crippen molar-refractivity contribution in [1.29, 1.82) is 0 Å². The van der Waals surface area contributed by atoms with Crippen LogP contribution < -0.4 is 4.74 Å². The molecule has 3 heterocycles. The van der Waals surface area contributed by atoms with Gasteiger partial charge in [-0.05, 0) is 39.8 Å². The molecule has 0 amide bonds. The molecule has 84 valence electrons. The number of thiophene rings is 2. The van der Waals surface area contributed by atoms with Gasteiger partial charge in [0.2, 0.25) is 0 Å². The molecule has 0 aliphatic carbocycles. The number of fused-ring (bicyclic) bond motifs is 3. The number of hydrogen-bond donors (Lipinski definition) is 0. The van der Waals surface area contributed by atoms with Crippen LogP contribution in [0.2, 0.25) is 0 Å². The van der Waals surface area contributed by atoms with Crippen molar-refractivity contribution < 1.29 is 4.74 Å². The molecule has 2 aromatic heterocycles. The van der Waals surface area contributed by atoms with Gasteiger partial charge < -0.3 is 4.74 Å². The molecule has 3 rings (SSSR count). The van der Waals surface area contributed by atoms with E-state index in [2.05, 4.69) is 39.8 Å². The molecule has 0 fully saturated rings. The van der Waals surface area contributed by atoms with Crippen LogP contribution in [0.5, 0.6) is 5.75 Å². The van der Waals surface area contributed by atoms with Crippen molar-refractivity contribution >= 4 is 22.7 Å². The van der Waals surface area contributed by atoms with Gasteiger partial charge in [-0.15, -0.1) is 22.7 Å². The summed E-state index contributed by atoms with van der Waals surface area (Å²) in [6.45, 7) is 8.60. The summed E-state index contributed by atoms with van der Waals surface area (Å²) in [4.78, 5) is 5.40. The summed E-state index contributed by atoms with van der Waals surface area (Å²) in [6, 6.07) is 4.41. The quantitative estimate of drug-likeness (QED) is 0.657. The van der Waals surface area contributed by atoms with Crippen molar-refractivity contribution in [1.82, 2.24) is 0 Å². The van der Waals surface area contributed by atoms with Crippen LogP contribution in [0.25, 0.3) is 9.75 Å². The van der Waals surface area contributed by atoms with Gasteiger partial charge in [-0.3, -0.25) is 0 Å². The molecule has 0 unspecified atom stereocenters. The van der Waals surface area contributed by atoms with E-state index in [9.17, 15) is 0 Å². The van der Waals surface area contributed by atoms with Crippen molar-refractivity contribution in [2.24, 2.45) is 0 Å². The Morgan fingerprint density at radius 3 is 2.38 bits per heavy atom. The normalized spacial score (nSPS) is 16.5. The Kier molecular flexibility index (Phi) is 2.01. The Morgan fingerprint density at radius 1 is 1.00 bits per heavy atom. The predicted octanol–water partition coefficient (Wildman–Crippen LogP) is 4.72. The average Bonchev–Trinajstić information content (AvgIpc) is 2.68. The largest absolute Gasteiger partial charge is 0.482 e. The molecule has 1 aliphatic heterocycles. The van der Waals surface area contributed by atoms with Gasteiger partial charge in [0.1, 0.15) is 11.4 Å². The van der Waals surface area contributed by atoms with Gasteiger partial charge in [-0.1, -0.05) is 0 Å². The standard InChI is InChI=1S/C13H14OS2/c1-7-5-9-11(15-7)12-10(6-8(2)16-12)14-13(9,3)4/h5-6H,1-4H3. The fourth-order valence-electron chi connectivity index (χ4n) is 2.18. The van der Waals surface area contributed by atoms with Crippen molar-refractivity contribution in [3.63, 3.8) is 0 Å². The minimum absolute atomic E-state index is 0.194. The number of ether oxygens (including phenoxy) is 1. The molecule has 0 spiro atoms. The van der Waals surface area contributed by atoms with Crippen LogP contribution in [-0.4, -0.2) is 0 Å². The highest BCUT2D eigenvalue weighted by Gasteiger charge is 2.35. The van der Waals surface area contributed by atoms with E-state index in [1.54, 1.807) is 0 Å². The molecule has 1 aliphatic rings. The van der Waals surface area contributed by atoms with Gasteiger partial charge in [-0.25, -0.2) is 0 Å². The second-order valence-corrected chi connectivity index (χ2v) is 7.28. The summed E-state index contributed by atoms with van der Waals surface area (Å²) in [6.07, 6.45) is 0. The van der Waals surface area contributed by atoms with E-state index in [1.165, 1.54) is 25.1 Å². The third-order valence-corrected chi connectivity index (χ3v) is 5.14. The molecule has 2 aromatic rings. The Labute approximate surface area is 104 Å². The maximum atomic E-state index is 6.10. The second-order valence-electron chi connectivity index (χ2n) is 4.76. The minimum atomic E-state index is -0.194. The zero-order valence-electron chi connectivity index (χ0n) is 9.88. The van der Waals surface area contributed by atoms with Gasteiger partial charge in [0.05, 0.1) is 9.75 Å². The Hall–Kier alpha value is -0.800. The van der Waals surface area contributed by atoms with Crippen LogP contribution in [0, 0.1) is 13.8 Å².